The van der Waals surface area contributed by atoms with E-state index in [4.69, 9.17) is 4.74 Å². The van der Waals surface area contributed by atoms with Crippen LogP contribution in [0.5, 0.6) is 0 Å². The highest BCUT2D eigenvalue weighted by Gasteiger charge is 2.42. The highest BCUT2D eigenvalue weighted by molar-refractivity contribution is 5.83. The van der Waals surface area contributed by atoms with Gasteiger partial charge in [-0.05, 0) is 51.3 Å². The lowest BCUT2D eigenvalue weighted by Crippen LogP contribution is -2.66. The van der Waals surface area contributed by atoms with E-state index in [0.29, 0.717) is 25.9 Å². The number of quaternary nitrogens is 1. The van der Waals surface area contributed by atoms with Crippen LogP contribution in [-0.2, 0) is 22.4 Å². The van der Waals surface area contributed by atoms with Gasteiger partial charge in [-0.1, -0.05) is 48.5 Å². The zero-order valence-electron chi connectivity index (χ0n) is 20.5. The Morgan fingerprint density at radius 3 is 2.41 bits per heavy atom. The molecule has 0 saturated heterocycles. The van der Waals surface area contributed by atoms with Crippen LogP contribution in [-0.4, -0.2) is 51.5 Å². The summed E-state index contributed by atoms with van der Waals surface area (Å²) in [6.45, 7) is 8.31. The van der Waals surface area contributed by atoms with Crippen molar-refractivity contribution in [2.24, 2.45) is 0 Å². The molecule has 0 saturated carbocycles. The zero-order chi connectivity index (χ0) is 24.8. The van der Waals surface area contributed by atoms with Crippen molar-refractivity contribution in [1.82, 2.24) is 10.4 Å². The molecule has 1 heterocycles. The number of carboxylic acid groups (broad SMARTS) is 1. The Balaban J connectivity index is 1.91. The van der Waals surface area contributed by atoms with E-state index in [1.165, 1.54) is 0 Å². The molecule has 3 N–H and O–H groups in total. The molecule has 2 atom stereocenters. The summed E-state index contributed by atoms with van der Waals surface area (Å²) >= 11 is 0. The highest BCUT2D eigenvalue weighted by Crippen LogP contribution is 2.22. The number of amides is 1. The Morgan fingerprint density at radius 1 is 1.09 bits per heavy atom. The van der Waals surface area contributed by atoms with Gasteiger partial charge in [-0.25, -0.2) is 0 Å². The molecule has 1 amide bonds. The molecule has 7 heteroatoms. The summed E-state index contributed by atoms with van der Waals surface area (Å²) < 4.78 is 5.65. The Morgan fingerprint density at radius 2 is 1.76 bits per heavy atom. The van der Waals surface area contributed by atoms with Crippen molar-refractivity contribution in [2.45, 2.75) is 58.6 Å². The number of hydrogen-bond donors (Lipinski definition) is 3. The van der Waals surface area contributed by atoms with Gasteiger partial charge in [0.25, 0.3) is 0 Å². The second-order valence-electron chi connectivity index (χ2n) is 9.71. The van der Waals surface area contributed by atoms with Gasteiger partial charge < -0.3 is 14.8 Å². The SMILES string of the molecule is CC[N+](CCc1ccccc1)(N[C@H](CC(=O)O)Cc1c[nH]c2ccccc12)C(=O)OC(C)(C)C. The number of likely N-dealkylation sites (N-methyl/N-ethyl adjacent to an activating group) is 1. The maximum Gasteiger partial charge on any atom is 0.536 e. The molecule has 0 radical (unpaired) electrons. The molecular formula is C27H36N3O4+. The fourth-order valence-electron chi connectivity index (χ4n) is 4.19. The van der Waals surface area contributed by atoms with E-state index in [1.807, 2.05) is 88.5 Å². The normalized spacial score (nSPS) is 14.5. The van der Waals surface area contributed by atoms with Gasteiger partial charge in [-0.3, -0.25) is 4.79 Å². The van der Waals surface area contributed by atoms with Gasteiger partial charge in [0.05, 0.1) is 12.5 Å². The van der Waals surface area contributed by atoms with Gasteiger partial charge in [0, 0.05) is 23.5 Å². The van der Waals surface area contributed by atoms with Crippen LogP contribution < -0.4 is 5.43 Å². The standard InChI is InChI=1S/C27H35N3O4/c1-5-30(26(33)34-27(2,3)4,16-15-20-11-7-6-8-12-20)29-22(18-25(31)32)17-21-19-28-24-14-10-9-13-23(21)24/h6-14,19,22,28-29H,5,15-18H2,1-4H3/p+1/t22-,30?/m0/s1. The number of benzene rings is 2. The molecular weight excluding hydrogens is 430 g/mol. The number of H-pyrrole nitrogens is 1. The third kappa shape index (κ3) is 6.68. The van der Waals surface area contributed by atoms with Crippen LogP contribution in [0.1, 0.15) is 45.2 Å². The van der Waals surface area contributed by atoms with Crippen molar-refractivity contribution in [3.8, 4) is 0 Å². The lowest BCUT2D eigenvalue weighted by Gasteiger charge is -2.37. The van der Waals surface area contributed by atoms with Gasteiger partial charge >= 0.3 is 12.1 Å². The maximum absolute atomic E-state index is 13.5. The number of carbonyl (C=O) groups excluding carboxylic acids is 1. The molecule has 1 unspecified atom stereocenters. The second kappa shape index (κ2) is 10.8. The average molecular weight is 467 g/mol. The van der Waals surface area contributed by atoms with Gasteiger partial charge in [-0.15, -0.1) is 4.59 Å². The Hall–Kier alpha value is -3.16. The van der Waals surface area contributed by atoms with Crippen molar-refractivity contribution < 1.29 is 24.0 Å². The van der Waals surface area contributed by atoms with Crippen LogP contribution in [0.2, 0.25) is 0 Å². The molecule has 0 aliphatic heterocycles. The van der Waals surface area contributed by atoms with Crippen molar-refractivity contribution in [1.29, 1.82) is 0 Å². The van der Waals surface area contributed by atoms with E-state index in [2.05, 4.69) is 10.4 Å². The van der Waals surface area contributed by atoms with E-state index in [9.17, 15) is 14.7 Å². The largest absolute Gasteiger partial charge is 0.536 e. The van der Waals surface area contributed by atoms with Crippen LogP contribution in [0, 0.1) is 0 Å². The first-order valence-corrected chi connectivity index (χ1v) is 11.8. The number of rotatable bonds is 10. The number of aliphatic carboxylic acids is 1. The lowest BCUT2D eigenvalue weighted by molar-refractivity contribution is -0.903. The van der Waals surface area contributed by atoms with E-state index in [0.717, 1.165) is 22.0 Å². The molecule has 0 spiro atoms. The lowest BCUT2D eigenvalue weighted by atomic mass is 10.0. The van der Waals surface area contributed by atoms with Crippen LogP contribution >= 0.6 is 0 Å². The maximum atomic E-state index is 13.5. The van der Waals surface area contributed by atoms with Gasteiger partial charge in [-0.2, -0.15) is 10.2 Å². The number of aromatic nitrogens is 1. The summed E-state index contributed by atoms with van der Waals surface area (Å²) in [5.41, 5.74) is 5.86. The van der Waals surface area contributed by atoms with E-state index < -0.39 is 23.7 Å². The number of aromatic amines is 1. The first kappa shape index (κ1) is 25.5. The summed E-state index contributed by atoms with van der Waals surface area (Å²) in [7, 11) is 0. The molecule has 3 rings (SSSR count). The number of carboxylic acids is 1. The van der Waals surface area contributed by atoms with Crippen LogP contribution in [0.3, 0.4) is 0 Å². The molecule has 1 aromatic heterocycles. The molecule has 0 aliphatic carbocycles. The predicted octanol–water partition coefficient (Wildman–Crippen LogP) is 5.07. The summed E-state index contributed by atoms with van der Waals surface area (Å²) in [5, 5.41) is 10.7. The Kier molecular flexibility index (Phi) is 8.12. The summed E-state index contributed by atoms with van der Waals surface area (Å²) in [6, 6.07) is 17.4. The minimum absolute atomic E-state index is 0.117. The van der Waals surface area contributed by atoms with E-state index in [-0.39, 0.29) is 11.0 Å². The van der Waals surface area contributed by atoms with Crippen molar-refractivity contribution in [3.63, 3.8) is 0 Å². The number of para-hydroxylation sites is 1. The Bertz CT molecular complexity index is 1100. The molecule has 0 aliphatic rings. The van der Waals surface area contributed by atoms with Crippen molar-refractivity contribution in [2.75, 3.05) is 13.1 Å². The number of fused-ring (bicyclic) bond motifs is 1. The van der Waals surface area contributed by atoms with Gasteiger partial charge in [0.1, 0.15) is 18.7 Å². The molecule has 0 bridgehead atoms. The molecule has 3 aromatic rings. The summed E-state index contributed by atoms with van der Waals surface area (Å²) in [4.78, 5) is 28.5. The third-order valence-corrected chi connectivity index (χ3v) is 5.90. The number of ether oxygens (including phenoxy) is 1. The average Bonchev–Trinajstić information content (AvgIpc) is 3.18. The molecule has 182 valence electrons. The molecule has 7 nitrogen and oxygen atoms in total. The fourth-order valence-corrected chi connectivity index (χ4v) is 4.19. The van der Waals surface area contributed by atoms with Crippen molar-refractivity contribution >= 4 is 23.0 Å². The zero-order valence-corrected chi connectivity index (χ0v) is 20.5. The monoisotopic (exact) mass is 466 g/mol. The number of carbonyl (C=O) groups is 2. The number of hydrogen-bond acceptors (Lipinski definition) is 4. The number of nitrogens with one attached hydrogen (secondary N) is 2. The number of nitrogens with zero attached hydrogens (tertiary/aromatic N) is 1. The topological polar surface area (TPSA) is 91.4 Å². The summed E-state index contributed by atoms with van der Waals surface area (Å²) in [6.07, 6.45) is 2.51. The van der Waals surface area contributed by atoms with Crippen molar-refractivity contribution in [3.05, 3.63) is 71.9 Å². The predicted molar refractivity (Wildman–Crippen MR) is 133 cm³/mol. The van der Waals surface area contributed by atoms with Crippen LogP contribution in [0.15, 0.2) is 60.8 Å². The third-order valence-electron chi connectivity index (χ3n) is 5.90. The van der Waals surface area contributed by atoms with Gasteiger partial charge in [0.15, 0.2) is 0 Å². The summed E-state index contributed by atoms with van der Waals surface area (Å²) in [5.74, 6) is -0.918. The first-order chi connectivity index (χ1) is 16.1. The van der Waals surface area contributed by atoms with Gasteiger partial charge in [0.2, 0.25) is 0 Å². The molecule has 2 aromatic carbocycles. The van der Waals surface area contributed by atoms with E-state index >= 15 is 0 Å². The second-order valence-corrected chi connectivity index (χ2v) is 9.71. The minimum atomic E-state index is -0.918. The minimum Gasteiger partial charge on any atom is -0.481 e. The van der Waals surface area contributed by atoms with E-state index in [1.54, 1.807) is 0 Å². The molecule has 34 heavy (non-hydrogen) atoms. The first-order valence-electron chi connectivity index (χ1n) is 11.8. The Labute approximate surface area is 201 Å². The highest BCUT2D eigenvalue weighted by atomic mass is 16.6. The quantitative estimate of drug-likeness (QED) is 0.287. The fraction of sp³-hybridized carbons (Fsp3) is 0.407. The van der Waals surface area contributed by atoms with Crippen LogP contribution in [0.25, 0.3) is 10.9 Å². The smallest absolute Gasteiger partial charge is 0.481 e. The van der Waals surface area contributed by atoms with Crippen LogP contribution in [0.4, 0.5) is 4.79 Å². The molecule has 0 fully saturated rings.